The molecule has 0 spiro atoms. The summed E-state index contributed by atoms with van der Waals surface area (Å²) in [6.07, 6.45) is 1.57. The zero-order chi connectivity index (χ0) is 26.8. The van der Waals surface area contributed by atoms with Crippen LogP contribution in [0.15, 0.2) is 54.6 Å². The second kappa shape index (κ2) is 10.6. The minimum atomic E-state index is -0.568. The van der Waals surface area contributed by atoms with Crippen molar-refractivity contribution in [1.29, 1.82) is 0 Å². The minimum Gasteiger partial charge on any atom is -0.424 e. The molecular weight excluding hydrogens is 492 g/mol. The summed E-state index contributed by atoms with van der Waals surface area (Å²) in [6, 6.07) is 14.0. The highest BCUT2D eigenvalue weighted by Gasteiger charge is 2.24. The average molecular weight is 520 g/mol. The first kappa shape index (κ1) is 25.3. The number of nitrogens with two attached hydrogens (primary N) is 1. The highest BCUT2D eigenvalue weighted by molar-refractivity contribution is 6.01. The Morgan fingerprint density at radius 3 is 2.71 bits per heavy atom. The minimum absolute atomic E-state index is 0.0388. The number of carbonyl (C=O) groups excluding carboxylic acids is 2. The lowest BCUT2D eigenvalue weighted by molar-refractivity contribution is -0.131. The molecule has 1 aromatic heterocycles. The fourth-order valence-electron chi connectivity index (χ4n) is 4.79. The van der Waals surface area contributed by atoms with E-state index in [1.54, 1.807) is 36.4 Å². The van der Waals surface area contributed by atoms with Crippen LogP contribution in [0, 0.1) is 11.6 Å². The van der Waals surface area contributed by atoms with Gasteiger partial charge < -0.3 is 15.8 Å². The van der Waals surface area contributed by atoms with Gasteiger partial charge in [-0.15, -0.1) is 0 Å². The summed E-state index contributed by atoms with van der Waals surface area (Å²) in [5.41, 5.74) is 8.72. The van der Waals surface area contributed by atoms with Crippen LogP contribution in [-0.2, 0) is 11.3 Å². The van der Waals surface area contributed by atoms with Crippen LogP contribution in [0.2, 0.25) is 0 Å². The number of nitrogen functional groups attached to an aromatic ring is 1. The third kappa shape index (κ3) is 5.35. The second-order valence-corrected chi connectivity index (χ2v) is 9.43. The third-order valence-corrected chi connectivity index (χ3v) is 6.65. The van der Waals surface area contributed by atoms with Gasteiger partial charge in [0.25, 0.3) is 5.91 Å². The van der Waals surface area contributed by atoms with Crippen LogP contribution >= 0.6 is 0 Å². The van der Waals surface area contributed by atoms with E-state index in [0.717, 1.165) is 23.7 Å². The van der Waals surface area contributed by atoms with E-state index in [-0.39, 0.29) is 29.8 Å². The van der Waals surface area contributed by atoms with Crippen LogP contribution < -0.4 is 15.8 Å². The van der Waals surface area contributed by atoms with Crippen molar-refractivity contribution in [1.82, 2.24) is 20.4 Å². The number of esters is 1. The standard InChI is InChI=1S/C28H27F2N5O3/c1-16(36)38-26-13-17(7-9-24(26)31)27-20-12-18(8-10-25(20)33-34-27)28(37)32-19-4-3-11-35(14-19)15-21-22(29)5-2-6-23(21)30/h2,5-10,12-13,19H,3-4,11,14-15,31H2,1H3,(H,32,37)(H,33,34)/t19-/m1/s1. The van der Waals surface area contributed by atoms with E-state index in [1.807, 2.05) is 4.90 Å². The molecule has 5 rings (SSSR count). The molecule has 1 fully saturated rings. The van der Waals surface area contributed by atoms with Gasteiger partial charge in [-0.05, 0) is 61.9 Å². The second-order valence-electron chi connectivity index (χ2n) is 9.43. The molecule has 0 aliphatic carbocycles. The normalized spacial score (nSPS) is 15.9. The summed E-state index contributed by atoms with van der Waals surface area (Å²) in [5.74, 6) is -1.64. The first-order valence-electron chi connectivity index (χ1n) is 12.3. The first-order chi connectivity index (χ1) is 18.3. The number of rotatable bonds is 6. The number of nitrogens with one attached hydrogen (secondary N) is 2. The van der Waals surface area contributed by atoms with Crippen LogP contribution in [0.3, 0.4) is 0 Å². The number of anilines is 1. The van der Waals surface area contributed by atoms with Crippen LogP contribution in [0.5, 0.6) is 5.75 Å². The lowest BCUT2D eigenvalue weighted by Gasteiger charge is -2.33. The van der Waals surface area contributed by atoms with Gasteiger partial charge in [-0.3, -0.25) is 19.6 Å². The van der Waals surface area contributed by atoms with Crippen LogP contribution in [0.4, 0.5) is 14.5 Å². The van der Waals surface area contributed by atoms with E-state index < -0.39 is 17.6 Å². The summed E-state index contributed by atoms with van der Waals surface area (Å²) in [4.78, 5) is 26.5. The summed E-state index contributed by atoms with van der Waals surface area (Å²) < 4.78 is 33.4. The topological polar surface area (TPSA) is 113 Å². The monoisotopic (exact) mass is 519 g/mol. The van der Waals surface area contributed by atoms with Gasteiger partial charge in [0.1, 0.15) is 17.3 Å². The van der Waals surface area contributed by atoms with Gasteiger partial charge in [-0.25, -0.2) is 8.78 Å². The van der Waals surface area contributed by atoms with Gasteiger partial charge >= 0.3 is 5.97 Å². The molecule has 2 heterocycles. The number of H-pyrrole nitrogens is 1. The number of amides is 1. The van der Waals surface area contributed by atoms with Gasteiger partial charge in [-0.1, -0.05) is 12.1 Å². The molecule has 1 aliphatic rings. The molecule has 0 bridgehead atoms. The molecule has 10 heteroatoms. The van der Waals surface area contributed by atoms with E-state index in [4.69, 9.17) is 10.5 Å². The molecule has 4 N–H and O–H groups in total. The van der Waals surface area contributed by atoms with Gasteiger partial charge in [0.05, 0.1) is 11.2 Å². The van der Waals surface area contributed by atoms with E-state index in [9.17, 15) is 18.4 Å². The van der Waals surface area contributed by atoms with E-state index in [1.165, 1.54) is 25.1 Å². The summed E-state index contributed by atoms with van der Waals surface area (Å²) in [7, 11) is 0. The summed E-state index contributed by atoms with van der Waals surface area (Å²) in [5, 5.41) is 11.1. The third-order valence-electron chi connectivity index (χ3n) is 6.65. The summed E-state index contributed by atoms with van der Waals surface area (Å²) >= 11 is 0. The molecule has 0 unspecified atom stereocenters. The quantitative estimate of drug-likeness (QED) is 0.198. The number of benzene rings is 3. The molecule has 1 amide bonds. The van der Waals surface area contributed by atoms with Gasteiger partial charge in [0.2, 0.25) is 0 Å². The Bertz CT molecular complexity index is 1500. The van der Waals surface area contributed by atoms with Crippen LogP contribution in [0.1, 0.15) is 35.7 Å². The number of fused-ring (bicyclic) bond motifs is 1. The Labute approximate surface area is 217 Å². The number of aromatic amines is 1. The van der Waals surface area contributed by atoms with Crippen molar-refractivity contribution in [3.8, 4) is 17.0 Å². The maximum Gasteiger partial charge on any atom is 0.308 e. The molecule has 0 saturated carbocycles. The van der Waals surface area contributed by atoms with Crippen molar-refractivity contribution in [2.45, 2.75) is 32.4 Å². The molecular formula is C28H27F2N5O3. The predicted molar refractivity (Wildman–Crippen MR) is 139 cm³/mol. The maximum absolute atomic E-state index is 14.1. The van der Waals surface area contributed by atoms with Gasteiger partial charge in [-0.2, -0.15) is 5.10 Å². The van der Waals surface area contributed by atoms with Gasteiger partial charge in [0, 0.05) is 48.1 Å². The van der Waals surface area contributed by atoms with Crippen molar-refractivity contribution in [2.24, 2.45) is 0 Å². The Kier molecular flexibility index (Phi) is 7.06. The largest absolute Gasteiger partial charge is 0.424 e. The molecule has 8 nitrogen and oxygen atoms in total. The summed E-state index contributed by atoms with van der Waals surface area (Å²) in [6.45, 7) is 2.63. The van der Waals surface area contributed by atoms with Crippen LogP contribution in [-0.4, -0.2) is 46.1 Å². The van der Waals surface area contributed by atoms with Crippen molar-refractivity contribution < 1.29 is 23.1 Å². The van der Waals surface area contributed by atoms with Crippen molar-refractivity contribution in [3.05, 3.63) is 77.4 Å². The SMILES string of the molecule is CC(=O)Oc1cc(-c2n[nH]c3ccc(C(=O)N[C@@H]4CCCN(Cc5c(F)cccc5F)C4)cc23)ccc1N. The average Bonchev–Trinajstić information content (AvgIpc) is 3.31. The molecule has 4 aromatic rings. The number of aromatic nitrogens is 2. The number of hydrogen-bond donors (Lipinski definition) is 3. The number of nitrogens with zero attached hydrogens (tertiary/aromatic N) is 2. The first-order valence-corrected chi connectivity index (χ1v) is 12.3. The predicted octanol–water partition coefficient (Wildman–Crippen LogP) is 4.41. The lowest BCUT2D eigenvalue weighted by Crippen LogP contribution is -2.47. The fourth-order valence-corrected chi connectivity index (χ4v) is 4.79. The van der Waals surface area contributed by atoms with Crippen LogP contribution in [0.25, 0.3) is 22.2 Å². The van der Waals surface area contributed by atoms with Crippen molar-refractivity contribution >= 4 is 28.5 Å². The van der Waals surface area contributed by atoms with Crippen molar-refractivity contribution in [2.75, 3.05) is 18.8 Å². The zero-order valence-corrected chi connectivity index (χ0v) is 20.8. The molecule has 1 saturated heterocycles. The number of halogens is 2. The van der Waals surface area contributed by atoms with E-state index in [0.29, 0.717) is 35.6 Å². The Hall–Kier alpha value is -4.31. The Balaban J connectivity index is 1.32. The Morgan fingerprint density at radius 1 is 1.16 bits per heavy atom. The maximum atomic E-state index is 14.1. The lowest BCUT2D eigenvalue weighted by atomic mass is 10.0. The Morgan fingerprint density at radius 2 is 1.95 bits per heavy atom. The molecule has 38 heavy (non-hydrogen) atoms. The molecule has 1 aliphatic heterocycles. The number of hydrogen-bond acceptors (Lipinski definition) is 6. The van der Waals surface area contributed by atoms with Gasteiger partial charge in [0.15, 0.2) is 5.75 Å². The van der Waals surface area contributed by atoms with Crippen molar-refractivity contribution in [3.63, 3.8) is 0 Å². The number of likely N-dealkylation sites (tertiary alicyclic amines) is 1. The highest BCUT2D eigenvalue weighted by Crippen LogP contribution is 2.32. The molecule has 196 valence electrons. The molecule has 1 atom stereocenters. The zero-order valence-electron chi connectivity index (χ0n) is 20.8. The highest BCUT2D eigenvalue weighted by atomic mass is 19.1. The number of ether oxygens (including phenoxy) is 1. The fraction of sp³-hybridized carbons (Fsp3) is 0.250. The van der Waals surface area contributed by atoms with E-state index in [2.05, 4.69) is 15.5 Å². The molecule has 0 radical (unpaired) electrons. The molecule has 3 aromatic carbocycles. The number of carbonyl (C=O) groups is 2. The number of piperidine rings is 1. The van der Waals surface area contributed by atoms with E-state index >= 15 is 0 Å². The smallest absolute Gasteiger partial charge is 0.308 e.